The number of imidazole rings is 1. The molecule has 0 aliphatic heterocycles. The van der Waals surface area contributed by atoms with Crippen molar-refractivity contribution in [2.24, 2.45) is 0 Å². The van der Waals surface area contributed by atoms with E-state index in [2.05, 4.69) is 10.3 Å². The molecule has 0 saturated carbocycles. The van der Waals surface area contributed by atoms with Gasteiger partial charge in [-0.2, -0.15) is 0 Å². The number of benzene rings is 2. The smallest absolute Gasteiger partial charge is 0.355 e. The van der Waals surface area contributed by atoms with Crippen LogP contribution in [-0.4, -0.2) is 35.7 Å². The van der Waals surface area contributed by atoms with E-state index in [0.29, 0.717) is 30.6 Å². The van der Waals surface area contributed by atoms with Gasteiger partial charge < -0.3 is 18.9 Å². The first-order valence-electron chi connectivity index (χ1n) is 9.16. The lowest BCUT2D eigenvalue weighted by molar-refractivity contribution is 0.0963. The molecule has 0 fully saturated rings. The Morgan fingerprint density at radius 3 is 2.39 bits per heavy atom. The summed E-state index contributed by atoms with van der Waals surface area (Å²) >= 11 is 0. The molecule has 3 rings (SSSR count). The number of rotatable bonds is 8. The number of nitrogens with zero attached hydrogens (tertiary/aromatic N) is 2. The maximum atomic E-state index is 12.9. The molecule has 7 nitrogen and oxygen atoms in total. The van der Waals surface area contributed by atoms with Crippen LogP contribution >= 0.6 is 7.60 Å². The van der Waals surface area contributed by atoms with E-state index in [0.717, 1.165) is 16.6 Å². The Morgan fingerprint density at radius 1 is 1.11 bits per heavy atom. The molecule has 0 atom stereocenters. The molecular formula is C20H24N3O4P. The van der Waals surface area contributed by atoms with Gasteiger partial charge in [0, 0.05) is 19.2 Å². The molecule has 1 aromatic heterocycles. The minimum absolute atomic E-state index is 0.137. The molecule has 0 radical (unpaired) electrons. The van der Waals surface area contributed by atoms with Gasteiger partial charge in [-0.3, -0.25) is 9.36 Å². The van der Waals surface area contributed by atoms with Crippen LogP contribution in [0.2, 0.25) is 0 Å². The molecule has 0 unspecified atom stereocenters. The summed E-state index contributed by atoms with van der Waals surface area (Å²) in [5, 5.41) is 3.17. The third-order valence-electron chi connectivity index (χ3n) is 4.31. The highest BCUT2D eigenvalue weighted by Gasteiger charge is 2.26. The highest BCUT2D eigenvalue weighted by Crippen LogP contribution is 2.46. The Kier molecular flexibility index (Phi) is 6.29. The maximum absolute atomic E-state index is 12.9. The van der Waals surface area contributed by atoms with Crippen LogP contribution < -0.4 is 10.6 Å². The number of hydrogen-bond donors (Lipinski definition) is 1. The van der Waals surface area contributed by atoms with Crippen LogP contribution in [0.3, 0.4) is 0 Å². The van der Waals surface area contributed by atoms with Gasteiger partial charge in [-0.25, -0.2) is 4.98 Å². The Morgan fingerprint density at radius 2 is 1.79 bits per heavy atom. The Labute approximate surface area is 164 Å². The van der Waals surface area contributed by atoms with Crippen molar-refractivity contribution in [3.05, 3.63) is 59.9 Å². The number of carbonyl (C=O) groups is 1. The average molecular weight is 401 g/mol. The predicted molar refractivity (Wildman–Crippen MR) is 109 cm³/mol. The molecule has 0 aliphatic carbocycles. The first kappa shape index (κ1) is 20.3. The van der Waals surface area contributed by atoms with Gasteiger partial charge in [0.05, 0.1) is 35.9 Å². The van der Waals surface area contributed by atoms with Gasteiger partial charge in [0.15, 0.2) is 0 Å². The van der Waals surface area contributed by atoms with Crippen molar-refractivity contribution >= 4 is 29.8 Å². The molecule has 1 amide bonds. The quantitative estimate of drug-likeness (QED) is 0.586. The Hall–Kier alpha value is -2.47. The second-order valence-corrected chi connectivity index (χ2v) is 8.18. The second-order valence-electron chi connectivity index (χ2n) is 6.15. The number of hydrogen-bond acceptors (Lipinski definition) is 5. The molecule has 0 aliphatic rings. The van der Waals surface area contributed by atoms with Crippen molar-refractivity contribution in [2.75, 3.05) is 20.3 Å². The molecule has 1 N–H and O–H groups in total. The normalized spacial score (nSPS) is 11.7. The van der Waals surface area contributed by atoms with Crippen LogP contribution in [0.1, 0.15) is 29.8 Å². The second kappa shape index (κ2) is 8.69. The van der Waals surface area contributed by atoms with Crippen molar-refractivity contribution in [2.45, 2.75) is 20.4 Å². The van der Waals surface area contributed by atoms with Crippen molar-refractivity contribution in [3.63, 3.8) is 0 Å². The number of aromatic nitrogens is 2. The van der Waals surface area contributed by atoms with Crippen molar-refractivity contribution in [1.29, 1.82) is 0 Å². The molecule has 148 valence electrons. The third kappa shape index (κ3) is 4.17. The Balaban J connectivity index is 1.86. The summed E-state index contributed by atoms with van der Waals surface area (Å²) in [4.78, 5) is 16.3. The minimum atomic E-state index is -3.29. The fourth-order valence-electron chi connectivity index (χ4n) is 2.98. The van der Waals surface area contributed by atoms with Crippen molar-refractivity contribution < 1.29 is 18.4 Å². The lowest BCUT2D eigenvalue weighted by Gasteiger charge is -2.17. The summed E-state index contributed by atoms with van der Waals surface area (Å²) in [7, 11) is -1.68. The summed E-state index contributed by atoms with van der Waals surface area (Å²) in [6.07, 6.45) is 1.75. The summed E-state index contributed by atoms with van der Waals surface area (Å²) in [6.45, 7) is 4.78. The van der Waals surface area contributed by atoms with Crippen LogP contribution in [-0.2, 0) is 20.2 Å². The zero-order valence-corrected chi connectivity index (χ0v) is 17.1. The molecule has 1 heterocycles. The average Bonchev–Trinajstić information content (AvgIpc) is 3.10. The summed E-state index contributed by atoms with van der Waals surface area (Å²) in [5.41, 5.74) is 3.29. The van der Waals surface area contributed by atoms with Crippen molar-refractivity contribution in [3.8, 4) is 0 Å². The number of carbonyl (C=O) groups excluding carboxylic acids is 1. The topological polar surface area (TPSA) is 82.5 Å². The van der Waals surface area contributed by atoms with Crippen LogP contribution in [0.5, 0.6) is 0 Å². The molecule has 8 heteroatoms. The van der Waals surface area contributed by atoms with Gasteiger partial charge in [0.1, 0.15) is 0 Å². The standard InChI is InChI=1S/C20H24N3O4P/c1-4-26-28(25,27-5-2)17-9-6-15(7-10-17)13-23-14-22-18-11-8-16(12-19(18)23)20(24)21-3/h6-12,14H,4-5,13H2,1-3H3,(H,21,24). The molecule has 3 aromatic rings. The van der Waals surface area contributed by atoms with E-state index < -0.39 is 7.60 Å². The van der Waals surface area contributed by atoms with Crippen LogP contribution in [0.25, 0.3) is 11.0 Å². The summed E-state index contributed by atoms with van der Waals surface area (Å²) in [6, 6.07) is 12.8. The van der Waals surface area contributed by atoms with E-state index in [1.54, 1.807) is 45.4 Å². The number of amides is 1. The first-order valence-corrected chi connectivity index (χ1v) is 10.7. The van der Waals surface area contributed by atoms with Crippen LogP contribution in [0, 0.1) is 0 Å². The highest BCUT2D eigenvalue weighted by molar-refractivity contribution is 7.62. The SMILES string of the molecule is CCOP(=O)(OCC)c1ccc(Cn2cnc3ccc(C(=O)NC)cc32)cc1. The predicted octanol–water partition coefficient (Wildman–Crippen LogP) is 3.34. The molecule has 28 heavy (non-hydrogen) atoms. The molecular weight excluding hydrogens is 377 g/mol. The minimum Gasteiger partial charge on any atom is -0.355 e. The monoisotopic (exact) mass is 401 g/mol. The van der Waals surface area contributed by atoms with Gasteiger partial charge in [0.2, 0.25) is 0 Å². The van der Waals surface area contributed by atoms with Gasteiger partial charge in [-0.15, -0.1) is 0 Å². The Bertz CT molecular complexity index is 1000. The van der Waals surface area contributed by atoms with E-state index in [1.165, 1.54) is 0 Å². The lowest BCUT2D eigenvalue weighted by atomic mass is 10.1. The number of nitrogens with one attached hydrogen (secondary N) is 1. The molecule has 2 aromatic carbocycles. The van der Waals surface area contributed by atoms with E-state index in [9.17, 15) is 9.36 Å². The number of fused-ring (bicyclic) bond motifs is 1. The van der Waals surface area contributed by atoms with Gasteiger partial charge in [-0.1, -0.05) is 12.1 Å². The first-order chi connectivity index (χ1) is 13.5. The van der Waals surface area contributed by atoms with Gasteiger partial charge in [-0.05, 0) is 49.7 Å². The van der Waals surface area contributed by atoms with Crippen LogP contribution in [0.15, 0.2) is 48.8 Å². The molecule has 0 saturated heterocycles. The van der Waals surface area contributed by atoms with Gasteiger partial charge in [0.25, 0.3) is 5.91 Å². The van der Waals surface area contributed by atoms with E-state index in [-0.39, 0.29) is 5.91 Å². The van der Waals surface area contributed by atoms with E-state index in [4.69, 9.17) is 9.05 Å². The van der Waals surface area contributed by atoms with Crippen molar-refractivity contribution in [1.82, 2.24) is 14.9 Å². The van der Waals surface area contributed by atoms with E-state index >= 15 is 0 Å². The largest absolute Gasteiger partial charge is 0.361 e. The van der Waals surface area contributed by atoms with Gasteiger partial charge >= 0.3 is 7.60 Å². The fourth-order valence-corrected chi connectivity index (χ4v) is 4.54. The maximum Gasteiger partial charge on any atom is 0.361 e. The summed E-state index contributed by atoms with van der Waals surface area (Å²) < 4.78 is 25.6. The zero-order chi connectivity index (χ0) is 20.1. The fraction of sp³-hybridized carbons (Fsp3) is 0.300. The molecule has 0 spiro atoms. The lowest BCUT2D eigenvalue weighted by Crippen LogP contribution is -2.17. The molecule has 0 bridgehead atoms. The zero-order valence-electron chi connectivity index (χ0n) is 16.2. The highest BCUT2D eigenvalue weighted by atomic mass is 31.2. The van der Waals surface area contributed by atoms with Crippen LogP contribution in [0.4, 0.5) is 0 Å². The summed E-state index contributed by atoms with van der Waals surface area (Å²) in [5.74, 6) is -0.137. The third-order valence-corrected chi connectivity index (χ3v) is 6.44. The van der Waals surface area contributed by atoms with E-state index in [1.807, 2.05) is 28.8 Å².